The predicted octanol–water partition coefficient (Wildman–Crippen LogP) is 0.907. The first-order valence-electron chi connectivity index (χ1n) is 2.99. The van der Waals surface area contributed by atoms with Gasteiger partial charge in [0, 0.05) is 1.43 Å². The third-order valence-electron chi connectivity index (χ3n) is 1.31. The van der Waals surface area contributed by atoms with E-state index in [1.807, 2.05) is 6.92 Å². The fraction of sp³-hybridized carbons (Fsp3) is 0.167. The molecule has 0 aliphatic heterocycles. The topological polar surface area (TPSA) is 54.5 Å². The van der Waals surface area contributed by atoms with E-state index in [2.05, 4.69) is 20.2 Å². The third kappa shape index (κ3) is 0.655. The number of rotatable bonds is 0. The summed E-state index contributed by atoms with van der Waals surface area (Å²) in [6.07, 6.45) is 3.30. The summed E-state index contributed by atoms with van der Waals surface area (Å²) in [6, 6.07) is 0. The van der Waals surface area contributed by atoms with Crippen molar-refractivity contribution in [2.45, 2.75) is 6.92 Å². The molecule has 0 unspecified atom stereocenters. The second kappa shape index (κ2) is 1.76. The summed E-state index contributed by atoms with van der Waals surface area (Å²) in [7, 11) is 0. The molecule has 0 spiro atoms. The van der Waals surface area contributed by atoms with E-state index in [9.17, 15) is 0 Å². The number of aromatic amines is 1. The minimum absolute atomic E-state index is 0. The molecular weight excluding hydrogens is 128 g/mol. The Kier molecular flexibility index (Phi) is 0.943. The van der Waals surface area contributed by atoms with Crippen LogP contribution in [-0.2, 0) is 0 Å². The van der Waals surface area contributed by atoms with Gasteiger partial charge in [-0.1, -0.05) is 0 Å². The van der Waals surface area contributed by atoms with E-state index in [1.165, 1.54) is 0 Å². The molecular formula is C6H8N4. The summed E-state index contributed by atoms with van der Waals surface area (Å²) in [5.41, 5.74) is 1.81. The monoisotopic (exact) mass is 136 g/mol. The smallest absolute Gasteiger partial charge is 0.110 e. The van der Waals surface area contributed by atoms with E-state index in [4.69, 9.17) is 0 Å². The Bertz CT molecular complexity index is 323. The van der Waals surface area contributed by atoms with Gasteiger partial charge in [0.05, 0.1) is 17.9 Å². The minimum atomic E-state index is 0. The molecule has 2 aromatic rings. The van der Waals surface area contributed by atoms with Gasteiger partial charge in [-0.05, 0) is 6.92 Å². The van der Waals surface area contributed by atoms with Crippen LogP contribution >= 0.6 is 0 Å². The van der Waals surface area contributed by atoms with E-state index in [0.717, 1.165) is 16.9 Å². The molecule has 0 atom stereocenters. The van der Waals surface area contributed by atoms with Crippen molar-refractivity contribution >= 4 is 11.0 Å². The van der Waals surface area contributed by atoms with Gasteiger partial charge in [-0.3, -0.25) is 0 Å². The second-order valence-electron chi connectivity index (χ2n) is 2.11. The van der Waals surface area contributed by atoms with Gasteiger partial charge >= 0.3 is 0 Å². The van der Waals surface area contributed by atoms with E-state index in [1.54, 1.807) is 12.4 Å². The Morgan fingerprint density at radius 2 is 2.20 bits per heavy atom. The fourth-order valence-electron chi connectivity index (χ4n) is 0.904. The minimum Gasteiger partial charge on any atom is -0.341 e. The lowest BCUT2D eigenvalue weighted by Crippen LogP contribution is -1.76. The molecule has 2 heterocycles. The van der Waals surface area contributed by atoms with Crippen LogP contribution in [0.3, 0.4) is 0 Å². The average molecular weight is 136 g/mol. The number of nitrogens with zero attached hydrogens (tertiary/aromatic N) is 3. The molecule has 10 heavy (non-hydrogen) atoms. The van der Waals surface area contributed by atoms with E-state index in [0.29, 0.717) is 0 Å². The number of imidazole rings is 1. The molecule has 0 aliphatic rings. The van der Waals surface area contributed by atoms with Gasteiger partial charge in [0.2, 0.25) is 0 Å². The molecule has 0 saturated carbocycles. The molecule has 0 amide bonds. The van der Waals surface area contributed by atoms with Crippen molar-refractivity contribution < 1.29 is 1.43 Å². The van der Waals surface area contributed by atoms with Crippen LogP contribution in [0.1, 0.15) is 7.25 Å². The molecule has 0 aromatic carbocycles. The Labute approximate surface area is 58.8 Å². The molecule has 0 saturated heterocycles. The molecule has 0 aliphatic carbocycles. The summed E-state index contributed by atoms with van der Waals surface area (Å²) in [4.78, 5) is 7.20. The average Bonchev–Trinajstić information content (AvgIpc) is 2.27. The van der Waals surface area contributed by atoms with Gasteiger partial charge < -0.3 is 4.98 Å². The molecule has 1 N–H and O–H groups in total. The van der Waals surface area contributed by atoms with Crippen LogP contribution in [-0.4, -0.2) is 20.2 Å². The number of nitrogens with one attached hydrogen (secondary N) is 1. The molecule has 2 aromatic heterocycles. The van der Waals surface area contributed by atoms with Crippen molar-refractivity contribution in [3.05, 3.63) is 18.2 Å². The maximum absolute atomic E-state index is 4.16. The van der Waals surface area contributed by atoms with Crippen LogP contribution < -0.4 is 0 Å². The summed E-state index contributed by atoms with van der Waals surface area (Å²) in [5, 5.41) is 7.40. The van der Waals surface area contributed by atoms with E-state index in [-0.39, 0.29) is 1.43 Å². The third-order valence-corrected chi connectivity index (χ3v) is 1.31. The molecule has 0 fully saturated rings. The van der Waals surface area contributed by atoms with E-state index >= 15 is 0 Å². The SMILES string of the molecule is Cc1nc2cnncc2[nH]1.[HH]. The van der Waals surface area contributed by atoms with Crippen LogP contribution in [0.4, 0.5) is 0 Å². The largest absolute Gasteiger partial charge is 0.341 e. The quantitative estimate of drug-likeness (QED) is 0.585. The van der Waals surface area contributed by atoms with Gasteiger partial charge in [0.1, 0.15) is 11.3 Å². The van der Waals surface area contributed by atoms with Gasteiger partial charge in [0.15, 0.2) is 0 Å². The predicted molar refractivity (Wildman–Crippen MR) is 38.5 cm³/mol. The molecule has 0 bridgehead atoms. The lowest BCUT2D eigenvalue weighted by molar-refractivity contribution is 1.05. The van der Waals surface area contributed by atoms with Crippen molar-refractivity contribution in [1.82, 2.24) is 20.2 Å². The normalized spacial score (nSPS) is 10.5. The van der Waals surface area contributed by atoms with Crippen molar-refractivity contribution in [3.63, 3.8) is 0 Å². The molecule has 4 heteroatoms. The number of H-pyrrole nitrogens is 1. The first-order valence-corrected chi connectivity index (χ1v) is 2.99. The zero-order valence-electron chi connectivity index (χ0n) is 5.50. The maximum Gasteiger partial charge on any atom is 0.110 e. The summed E-state index contributed by atoms with van der Waals surface area (Å²) in [6.45, 7) is 1.90. The maximum atomic E-state index is 4.16. The second-order valence-corrected chi connectivity index (χ2v) is 2.11. The van der Waals surface area contributed by atoms with E-state index < -0.39 is 0 Å². The Morgan fingerprint density at radius 3 is 3.00 bits per heavy atom. The van der Waals surface area contributed by atoms with Crippen molar-refractivity contribution in [2.75, 3.05) is 0 Å². The fourth-order valence-corrected chi connectivity index (χ4v) is 0.904. The summed E-state index contributed by atoms with van der Waals surface area (Å²) in [5.74, 6) is 0.893. The number of hydrogen-bond donors (Lipinski definition) is 1. The highest BCUT2D eigenvalue weighted by molar-refractivity contribution is 5.72. The zero-order chi connectivity index (χ0) is 6.97. The molecule has 52 valence electrons. The summed E-state index contributed by atoms with van der Waals surface area (Å²) >= 11 is 0. The Morgan fingerprint density at radius 1 is 1.40 bits per heavy atom. The standard InChI is InChI=1S/C6H6N4.H2/c1-4-9-5-2-7-8-3-6(5)10-4;/h2-3H,1H3,(H,9,10);1H. The highest BCUT2D eigenvalue weighted by atomic mass is 15.1. The first kappa shape index (κ1) is 5.34. The highest BCUT2D eigenvalue weighted by Crippen LogP contribution is 2.05. The van der Waals surface area contributed by atoms with Crippen LogP contribution in [0.5, 0.6) is 0 Å². The number of aromatic nitrogens is 4. The van der Waals surface area contributed by atoms with Crippen LogP contribution in [0.25, 0.3) is 11.0 Å². The molecule has 0 radical (unpaired) electrons. The van der Waals surface area contributed by atoms with Gasteiger partial charge in [-0.15, -0.1) is 0 Å². The molecule has 2 rings (SSSR count). The number of aryl methyl sites for hydroxylation is 1. The van der Waals surface area contributed by atoms with Gasteiger partial charge in [-0.25, -0.2) is 4.98 Å². The lowest BCUT2D eigenvalue weighted by Gasteiger charge is -1.79. The van der Waals surface area contributed by atoms with Crippen LogP contribution in [0.2, 0.25) is 0 Å². The zero-order valence-corrected chi connectivity index (χ0v) is 5.50. The van der Waals surface area contributed by atoms with Crippen molar-refractivity contribution in [1.29, 1.82) is 0 Å². The first-order chi connectivity index (χ1) is 4.86. The van der Waals surface area contributed by atoms with Crippen LogP contribution in [0, 0.1) is 6.92 Å². The van der Waals surface area contributed by atoms with Crippen molar-refractivity contribution in [3.8, 4) is 0 Å². The lowest BCUT2D eigenvalue weighted by atomic mass is 10.5. The summed E-state index contributed by atoms with van der Waals surface area (Å²) < 4.78 is 0. The highest BCUT2D eigenvalue weighted by Gasteiger charge is 1.95. The van der Waals surface area contributed by atoms with Gasteiger partial charge in [0.25, 0.3) is 0 Å². The number of fused-ring (bicyclic) bond motifs is 1. The Balaban J connectivity index is 0.000000605. The molecule has 4 nitrogen and oxygen atoms in total. The Hall–Kier alpha value is -1.45. The van der Waals surface area contributed by atoms with Crippen molar-refractivity contribution in [2.24, 2.45) is 0 Å². The van der Waals surface area contributed by atoms with Gasteiger partial charge in [-0.2, -0.15) is 10.2 Å². The number of hydrogen-bond acceptors (Lipinski definition) is 3. The van der Waals surface area contributed by atoms with Crippen LogP contribution in [0.15, 0.2) is 12.4 Å².